The molecule has 0 fully saturated rings. The molecule has 1 heterocycles. The molecule has 0 saturated heterocycles. The second-order valence-corrected chi connectivity index (χ2v) is 5.74. The molecule has 0 atom stereocenters. The molecule has 0 radical (unpaired) electrons. The van der Waals surface area contributed by atoms with Gasteiger partial charge in [-0.2, -0.15) is 0 Å². The van der Waals surface area contributed by atoms with Crippen LogP contribution in [0.3, 0.4) is 0 Å². The van der Waals surface area contributed by atoms with Crippen molar-refractivity contribution in [3.05, 3.63) is 76.9 Å². The number of halogens is 3. The summed E-state index contributed by atoms with van der Waals surface area (Å²) < 4.78 is 45.4. The molecular weight excluding hydrogens is 359 g/mol. The van der Waals surface area contributed by atoms with Gasteiger partial charge >= 0.3 is 6.01 Å². The summed E-state index contributed by atoms with van der Waals surface area (Å²) in [6.07, 6.45) is 0. The number of carbonyl (C=O) groups excluding carboxylic acids is 1. The Morgan fingerprint density at radius 2 is 1.56 bits per heavy atom. The Bertz CT molecular complexity index is 988. The molecule has 0 saturated carbocycles. The van der Waals surface area contributed by atoms with Crippen molar-refractivity contribution in [2.45, 2.75) is 13.8 Å². The number of nitrogens with one attached hydrogen (secondary N) is 1. The van der Waals surface area contributed by atoms with E-state index in [4.69, 9.17) is 4.74 Å². The molecule has 1 aromatic heterocycles. The van der Waals surface area contributed by atoms with Gasteiger partial charge in [-0.05, 0) is 56.3 Å². The summed E-state index contributed by atoms with van der Waals surface area (Å²) in [6.45, 7) is 3.63. The zero-order chi connectivity index (χ0) is 19.6. The van der Waals surface area contributed by atoms with Crippen molar-refractivity contribution in [1.29, 1.82) is 0 Å². The number of benzene rings is 2. The molecule has 0 aliphatic carbocycles. The van der Waals surface area contributed by atoms with Crippen molar-refractivity contribution in [3.8, 4) is 11.8 Å². The molecule has 3 aromatic rings. The highest BCUT2D eigenvalue weighted by Crippen LogP contribution is 2.22. The molecule has 0 aliphatic rings. The van der Waals surface area contributed by atoms with Crippen LogP contribution < -0.4 is 10.1 Å². The Kier molecular flexibility index (Phi) is 5.07. The second-order valence-electron chi connectivity index (χ2n) is 5.74. The zero-order valence-electron chi connectivity index (χ0n) is 14.4. The number of hydrogen-bond acceptors (Lipinski definition) is 4. The van der Waals surface area contributed by atoms with Gasteiger partial charge in [-0.25, -0.2) is 23.1 Å². The number of carbonyl (C=O) groups is 1. The third-order valence-corrected chi connectivity index (χ3v) is 3.56. The maximum absolute atomic E-state index is 13.7. The highest BCUT2D eigenvalue weighted by atomic mass is 19.2. The largest absolute Gasteiger partial charge is 0.424 e. The van der Waals surface area contributed by atoms with Gasteiger partial charge in [0.15, 0.2) is 17.5 Å². The Morgan fingerprint density at radius 3 is 2.19 bits per heavy atom. The first-order valence-electron chi connectivity index (χ1n) is 7.88. The van der Waals surface area contributed by atoms with Crippen LogP contribution >= 0.6 is 0 Å². The van der Waals surface area contributed by atoms with Gasteiger partial charge in [-0.3, -0.25) is 4.79 Å². The van der Waals surface area contributed by atoms with E-state index in [1.807, 2.05) is 19.9 Å². The molecule has 0 unspecified atom stereocenters. The molecule has 138 valence electrons. The van der Waals surface area contributed by atoms with Crippen LogP contribution in [0.25, 0.3) is 0 Å². The van der Waals surface area contributed by atoms with E-state index in [-0.39, 0.29) is 6.01 Å². The first-order valence-corrected chi connectivity index (χ1v) is 7.88. The predicted molar refractivity (Wildman–Crippen MR) is 92.3 cm³/mol. The van der Waals surface area contributed by atoms with E-state index in [0.717, 1.165) is 17.5 Å². The van der Waals surface area contributed by atoms with Crippen LogP contribution in [0.1, 0.15) is 21.7 Å². The van der Waals surface area contributed by atoms with Crippen LogP contribution in [0.2, 0.25) is 0 Å². The third-order valence-electron chi connectivity index (χ3n) is 3.56. The van der Waals surface area contributed by atoms with Crippen molar-refractivity contribution in [2.75, 3.05) is 5.32 Å². The van der Waals surface area contributed by atoms with Crippen molar-refractivity contribution in [2.24, 2.45) is 0 Å². The van der Waals surface area contributed by atoms with E-state index < -0.39 is 28.9 Å². The fourth-order valence-electron chi connectivity index (χ4n) is 2.35. The Balaban J connectivity index is 1.72. The number of ether oxygens (including phenoxy) is 1. The van der Waals surface area contributed by atoms with Crippen LogP contribution in [-0.2, 0) is 0 Å². The van der Waals surface area contributed by atoms with Gasteiger partial charge in [-0.1, -0.05) is 0 Å². The molecular formula is C19H14F3N3O2. The maximum atomic E-state index is 13.7. The number of amides is 1. The highest BCUT2D eigenvalue weighted by molar-refractivity contribution is 6.04. The van der Waals surface area contributed by atoms with Gasteiger partial charge in [0.2, 0.25) is 0 Å². The van der Waals surface area contributed by atoms with E-state index in [1.165, 1.54) is 12.1 Å². The molecule has 8 heteroatoms. The minimum absolute atomic E-state index is 0.188. The smallest absolute Gasteiger partial charge is 0.322 e. The summed E-state index contributed by atoms with van der Waals surface area (Å²) >= 11 is 0. The fraction of sp³-hybridized carbons (Fsp3) is 0.105. The number of aryl methyl sites for hydroxylation is 2. The fourth-order valence-corrected chi connectivity index (χ4v) is 2.35. The monoisotopic (exact) mass is 373 g/mol. The maximum Gasteiger partial charge on any atom is 0.322 e. The number of hydrogen-bond donors (Lipinski definition) is 1. The Hall–Kier alpha value is -3.42. The van der Waals surface area contributed by atoms with Gasteiger partial charge in [0.1, 0.15) is 5.75 Å². The van der Waals surface area contributed by atoms with Crippen LogP contribution in [0.15, 0.2) is 42.5 Å². The summed E-state index contributed by atoms with van der Waals surface area (Å²) in [5.41, 5.74) is 1.24. The average Bonchev–Trinajstić information content (AvgIpc) is 2.60. The normalized spacial score (nSPS) is 10.6. The molecule has 1 amide bonds. The minimum Gasteiger partial charge on any atom is -0.424 e. The summed E-state index contributed by atoms with van der Waals surface area (Å²) in [7, 11) is 0. The number of anilines is 1. The van der Waals surface area contributed by atoms with Gasteiger partial charge in [0.25, 0.3) is 5.91 Å². The molecule has 0 aliphatic heterocycles. The first-order chi connectivity index (χ1) is 12.8. The van der Waals surface area contributed by atoms with Crippen LogP contribution in [0.4, 0.5) is 18.9 Å². The lowest BCUT2D eigenvalue weighted by Gasteiger charge is -2.09. The Morgan fingerprint density at radius 1 is 0.926 bits per heavy atom. The molecule has 2 aromatic carbocycles. The standard InChI is InChI=1S/C19H14F3N3O2/c1-10-9-11(2)24-19(23-10)27-13-5-3-12(4-6-13)25-18(26)14-7-8-15(20)17(22)16(14)21/h3-9H,1-2H3,(H,25,26). The zero-order valence-corrected chi connectivity index (χ0v) is 14.4. The average molecular weight is 373 g/mol. The summed E-state index contributed by atoms with van der Waals surface area (Å²) in [4.78, 5) is 20.4. The van der Waals surface area contributed by atoms with Crippen molar-refractivity contribution in [1.82, 2.24) is 9.97 Å². The molecule has 5 nitrogen and oxygen atoms in total. The van der Waals surface area contributed by atoms with E-state index in [9.17, 15) is 18.0 Å². The van der Waals surface area contributed by atoms with Crippen LogP contribution in [-0.4, -0.2) is 15.9 Å². The van der Waals surface area contributed by atoms with Crippen molar-refractivity contribution >= 4 is 11.6 Å². The van der Waals surface area contributed by atoms with Crippen LogP contribution in [0.5, 0.6) is 11.8 Å². The number of nitrogens with zero attached hydrogens (tertiary/aromatic N) is 2. The predicted octanol–water partition coefficient (Wildman–Crippen LogP) is 4.56. The molecule has 1 N–H and O–H groups in total. The summed E-state index contributed by atoms with van der Waals surface area (Å²) in [6, 6.07) is 9.68. The van der Waals surface area contributed by atoms with E-state index in [0.29, 0.717) is 17.5 Å². The molecule has 27 heavy (non-hydrogen) atoms. The summed E-state index contributed by atoms with van der Waals surface area (Å²) in [5, 5.41) is 2.40. The summed E-state index contributed by atoms with van der Waals surface area (Å²) in [5.74, 6) is -5.08. The number of aromatic nitrogens is 2. The lowest BCUT2D eigenvalue weighted by molar-refractivity contribution is 0.102. The molecule has 0 spiro atoms. The van der Waals surface area contributed by atoms with Gasteiger partial charge in [-0.15, -0.1) is 0 Å². The lowest BCUT2D eigenvalue weighted by Crippen LogP contribution is -2.15. The Labute approximate surface area is 152 Å². The second kappa shape index (κ2) is 7.45. The van der Waals surface area contributed by atoms with Crippen LogP contribution in [0, 0.1) is 31.3 Å². The highest BCUT2D eigenvalue weighted by Gasteiger charge is 2.18. The minimum atomic E-state index is -1.69. The first kappa shape index (κ1) is 18.4. The molecule has 3 rings (SSSR count). The quantitative estimate of drug-likeness (QED) is 0.681. The van der Waals surface area contributed by atoms with E-state index in [1.54, 1.807) is 12.1 Å². The van der Waals surface area contributed by atoms with Crippen molar-refractivity contribution in [3.63, 3.8) is 0 Å². The van der Waals surface area contributed by atoms with E-state index >= 15 is 0 Å². The third kappa shape index (κ3) is 4.22. The topological polar surface area (TPSA) is 64.1 Å². The van der Waals surface area contributed by atoms with Crippen molar-refractivity contribution < 1.29 is 22.7 Å². The van der Waals surface area contributed by atoms with E-state index in [2.05, 4.69) is 15.3 Å². The lowest BCUT2D eigenvalue weighted by atomic mass is 10.1. The SMILES string of the molecule is Cc1cc(C)nc(Oc2ccc(NC(=O)c3ccc(F)c(F)c3F)cc2)n1. The number of rotatable bonds is 4. The van der Waals surface area contributed by atoms with Gasteiger partial charge < -0.3 is 10.1 Å². The molecule has 0 bridgehead atoms. The van der Waals surface area contributed by atoms with Gasteiger partial charge in [0, 0.05) is 17.1 Å². The van der Waals surface area contributed by atoms with Gasteiger partial charge in [0.05, 0.1) is 5.56 Å².